The Morgan fingerprint density at radius 2 is 2.10 bits per heavy atom. The van der Waals surface area contributed by atoms with E-state index in [9.17, 15) is 9.59 Å². The fraction of sp³-hybridized carbons (Fsp3) is 0.467. The average Bonchev–Trinajstić information content (AvgIpc) is 3.18. The van der Waals surface area contributed by atoms with Crippen LogP contribution in [0.25, 0.3) is 0 Å². The number of nitrogens with two attached hydrogens (primary N) is 1. The SMILES string of the molecule is COC(=O)C[C@@]1(NC(=O)OCc2ccccc2)C[C@H]1CN. The van der Waals surface area contributed by atoms with E-state index < -0.39 is 11.6 Å². The molecule has 0 unspecified atom stereocenters. The second-order valence-electron chi connectivity index (χ2n) is 5.23. The number of rotatable bonds is 6. The van der Waals surface area contributed by atoms with Gasteiger partial charge in [-0.2, -0.15) is 0 Å². The molecule has 114 valence electrons. The number of hydrogen-bond donors (Lipinski definition) is 2. The summed E-state index contributed by atoms with van der Waals surface area (Å²) in [5, 5.41) is 2.76. The van der Waals surface area contributed by atoms with Gasteiger partial charge in [-0.1, -0.05) is 30.3 Å². The maximum absolute atomic E-state index is 11.9. The molecular formula is C15H20N2O4. The third kappa shape index (κ3) is 3.95. The lowest BCUT2D eigenvalue weighted by atomic mass is 10.1. The molecule has 0 radical (unpaired) electrons. The molecular weight excluding hydrogens is 272 g/mol. The molecule has 0 saturated heterocycles. The molecule has 6 heteroatoms. The van der Waals surface area contributed by atoms with Gasteiger partial charge in [0.1, 0.15) is 6.61 Å². The second kappa shape index (κ2) is 6.58. The van der Waals surface area contributed by atoms with Gasteiger partial charge in [-0.05, 0) is 24.4 Å². The van der Waals surface area contributed by atoms with Crippen LogP contribution in [0, 0.1) is 5.92 Å². The van der Waals surface area contributed by atoms with Crippen LogP contribution in [0.3, 0.4) is 0 Å². The number of carbonyl (C=O) groups is 2. The first-order valence-electron chi connectivity index (χ1n) is 6.85. The van der Waals surface area contributed by atoms with Crippen LogP contribution in [0.1, 0.15) is 18.4 Å². The Labute approximate surface area is 123 Å². The molecule has 6 nitrogen and oxygen atoms in total. The van der Waals surface area contributed by atoms with Crippen molar-refractivity contribution < 1.29 is 19.1 Å². The standard InChI is InChI=1S/C15H20N2O4/c1-20-13(18)8-15(7-12(15)9-16)17-14(19)21-10-11-5-3-2-4-6-11/h2-6,12H,7-10,16H2,1H3,(H,17,19)/t12-,15-/m0/s1. The van der Waals surface area contributed by atoms with Gasteiger partial charge in [0.25, 0.3) is 0 Å². The Morgan fingerprint density at radius 3 is 2.67 bits per heavy atom. The van der Waals surface area contributed by atoms with E-state index in [1.165, 1.54) is 7.11 Å². The van der Waals surface area contributed by atoms with E-state index in [1.807, 2.05) is 30.3 Å². The molecule has 0 aliphatic heterocycles. The van der Waals surface area contributed by atoms with Gasteiger partial charge >= 0.3 is 12.1 Å². The summed E-state index contributed by atoms with van der Waals surface area (Å²) >= 11 is 0. The molecule has 1 amide bonds. The fourth-order valence-electron chi connectivity index (χ4n) is 2.40. The van der Waals surface area contributed by atoms with Gasteiger partial charge in [0, 0.05) is 0 Å². The molecule has 1 aromatic rings. The first-order chi connectivity index (χ1) is 10.1. The Hall–Kier alpha value is -2.08. The number of amides is 1. The highest BCUT2D eigenvalue weighted by Crippen LogP contribution is 2.45. The highest BCUT2D eigenvalue weighted by molar-refractivity contribution is 5.75. The van der Waals surface area contributed by atoms with Crippen molar-refractivity contribution in [2.75, 3.05) is 13.7 Å². The van der Waals surface area contributed by atoms with E-state index in [-0.39, 0.29) is 24.9 Å². The van der Waals surface area contributed by atoms with Crippen molar-refractivity contribution in [3.63, 3.8) is 0 Å². The van der Waals surface area contributed by atoms with Crippen molar-refractivity contribution in [3.8, 4) is 0 Å². The monoisotopic (exact) mass is 292 g/mol. The van der Waals surface area contributed by atoms with E-state index >= 15 is 0 Å². The van der Waals surface area contributed by atoms with Crippen molar-refractivity contribution >= 4 is 12.1 Å². The van der Waals surface area contributed by atoms with E-state index in [4.69, 9.17) is 10.5 Å². The summed E-state index contributed by atoms with van der Waals surface area (Å²) in [5.74, 6) is -0.282. The molecule has 0 bridgehead atoms. The minimum Gasteiger partial charge on any atom is -0.469 e. The minimum absolute atomic E-state index is 0.0841. The predicted molar refractivity (Wildman–Crippen MR) is 76.3 cm³/mol. The van der Waals surface area contributed by atoms with Gasteiger partial charge in [-0.25, -0.2) is 4.79 Å². The van der Waals surface area contributed by atoms with Crippen LogP contribution < -0.4 is 11.1 Å². The van der Waals surface area contributed by atoms with Crippen LogP contribution in [0.15, 0.2) is 30.3 Å². The van der Waals surface area contributed by atoms with Gasteiger partial charge < -0.3 is 20.5 Å². The van der Waals surface area contributed by atoms with Crippen molar-refractivity contribution in [3.05, 3.63) is 35.9 Å². The zero-order valence-corrected chi connectivity index (χ0v) is 12.0. The summed E-state index contributed by atoms with van der Waals surface area (Å²) in [6.07, 6.45) is 0.240. The predicted octanol–water partition coefficient (Wildman–Crippen LogP) is 1.19. The summed E-state index contributed by atoms with van der Waals surface area (Å²) in [4.78, 5) is 23.3. The van der Waals surface area contributed by atoms with Crippen LogP contribution >= 0.6 is 0 Å². The first-order valence-corrected chi connectivity index (χ1v) is 6.85. The normalized spacial score (nSPS) is 23.2. The molecule has 1 fully saturated rings. The van der Waals surface area contributed by atoms with Gasteiger partial charge in [0.05, 0.1) is 19.1 Å². The smallest absolute Gasteiger partial charge is 0.407 e. The number of ether oxygens (including phenoxy) is 2. The second-order valence-corrected chi connectivity index (χ2v) is 5.23. The van der Waals surface area contributed by atoms with Crippen molar-refractivity contribution in [2.45, 2.75) is 25.0 Å². The molecule has 1 aliphatic rings. The molecule has 1 saturated carbocycles. The maximum atomic E-state index is 11.9. The number of methoxy groups -OCH3 is 1. The van der Waals surface area contributed by atoms with Gasteiger partial charge in [0.15, 0.2) is 0 Å². The molecule has 2 rings (SSSR count). The third-order valence-electron chi connectivity index (χ3n) is 3.77. The Kier molecular flexibility index (Phi) is 4.80. The maximum Gasteiger partial charge on any atom is 0.407 e. The fourth-order valence-corrected chi connectivity index (χ4v) is 2.40. The largest absolute Gasteiger partial charge is 0.469 e. The molecule has 1 aromatic carbocycles. The topological polar surface area (TPSA) is 90.6 Å². The zero-order valence-electron chi connectivity index (χ0n) is 12.0. The van der Waals surface area contributed by atoms with Gasteiger partial charge in [-0.15, -0.1) is 0 Å². The third-order valence-corrected chi connectivity index (χ3v) is 3.77. The molecule has 1 aliphatic carbocycles. The number of hydrogen-bond acceptors (Lipinski definition) is 5. The molecule has 2 atom stereocenters. The first kappa shape index (κ1) is 15.3. The van der Waals surface area contributed by atoms with E-state index in [0.717, 1.165) is 5.56 Å². The molecule has 3 N–H and O–H groups in total. The lowest BCUT2D eigenvalue weighted by molar-refractivity contribution is -0.141. The number of nitrogens with one attached hydrogen (secondary N) is 1. The quantitative estimate of drug-likeness (QED) is 0.769. The summed E-state index contributed by atoms with van der Waals surface area (Å²) < 4.78 is 9.83. The number of carbonyl (C=O) groups excluding carboxylic acids is 2. The lowest BCUT2D eigenvalue weighted by Gasteiger charge is -2.18. The molecule has 0 heterocycles. The summed E-state index contributed by atoms with van der Waals surface area (Å²) in [5.41, 5.74) is 5.91. The number of alkyl carbamates (subject to hydrolysis) is 1. The van der Waals surface area contributed by atoms with Crippen LogP contribution in [0.4, 0.5) is 4.79 Å². The van der Waals surface area contributed by atoms with Crippen LogP contribution in [-0.2, 0) is 20.9 Å². The highest BCUT2D eigenvalue weighted by Gasteiger charge is 2.56. The zero-order chi connectivity index (χ0) is 15.3. The van der Waals surface area contributed by atoms with Crippen LogP contribution in [0.2, 0.25) is 0 Å². The minimum atomic E-state index is -0.615. The number of benzene rings is 1. The Bertz CT molecular complexity index is 506. The number of esters is 1. The van der Waals surface area contributed by atoms with Crippen molar-refractivity contribution in [1.82, 2.24) is 5.32 Å². The van der Waals surface area contributed by atoms with E-state index in [2.05, 4.69) is 10.1 Å². The van der Waals surface area contributed by atoms with Crippen molar-refractivity contribution in [1.29, 1.82) is 0 Å². The Morgan fingerprint density at radius 1 is 1.38 bits per heavy atom. The lowest BCUT2D eigenvalue weighted by Crippen LogP contribution is -2.41. The Balaban J connectivity index is 1.86. The van der Waals surface area contributed by atoms with Crippen molar-refractivity contribution in [2.24, 2.45) is 11.7 Å². The van der Waals surface area contributed by atoms with E-state index in [1.54, 1.807) is 0 Å². The van der Waals surface area contributed by atoms with Crippen LogP contribution in [-0.4, -0.2) is 31.3 Å². The van der Waals surface area contributed by atoms with Crippen LogP contribution in [0.5, 0.6) is 0 Å². The van der Waals surface area contributed by atoms with E-state index in [0.29, 0.717) is 13.0 Å². The summed E-state index contributed by atoms with van der Waals surface area (Å²) in [6, 6.07) is 9.39. The molecule has 0 spiro atoms. The van der Waals surface area contributed by atoms with Gasteiger partial charge in [-0.3, -0.25) is 4.79 Å². The summed E-state index contributed by atoms with van der Waals surface area (Å²) in [6.45, 7) is 0.601. The average molecular weight is 292 g/mol. The molecule has 21 heavy (non-hydrogen) atoms. The van der Waals surface area contributed by atoms with Gasteiger partial charge in [0.2, 0.25) is 0 Å². The highest BCUT2D eigenvalue weighted by atomic mass is 16.5. The molecule has 0 aromatic heterocycles. The summed E-state index contributed by atoms with van der Waals surface area (Å²) in [7, 11) is 1.32.